The molecule has 1 aromatic heterocycles. The zero-order valence-corrected chi connectivity index (χ0v) is 24.3. The Morgan fingerprint density at radius 1 is 0.923 bits per heavy atom. The summed E-state index contributed by atoms with van der Waals surface area (Å²) in [5.41, 5.74) is 1.43. The summed E-state index contributed by atoms with van der Waals surface area (Å²) in [5.74, 6) is 0.678. The SMILES string of the molecule is COOP(OCn1c(=O)ccc2ccc(OCCCCN3CCN(c4cccc(Cl)c4Cl)CC3)cc21)OOC. The first-order chi connectivity index (χ1) is 19.0. The zero-order chi connectivity index (χ0) is 27.6. The van der Waals surface area contributed by atoms with Crippen molar-refractivity contribution in [2.24, 2.45) is 0 Å². The second-order valence-electron chi connectivity index (χ2n) is 8.74. The molecule has 1 saturated heterocycles. The lowest BCUT2D eigenvalue weighted by molar-refractivity contribution is -0.247. The van der Waals surface area contributed by atoms with Crippen LogP contribution in [-0.4, -0.2) is 63.0 Å². The largest absolute Gasteiger partial charge is 0.494 e. The number of nitrogens with zero attached hydrogens (tertiary/aromatic N) is 3. The van der Waals surface area contributed by atoms with Crippen LogP contribution in [0.1, 0.15) is 12.8 Å². The summed E-state index contributed by atoms with van der Waals surface area (Å²) >= 11 is 12.6. The molecule has 0 N–H and O–H groups in total. The van der Waals surface area contributed by atoms with Crippen molar-refractivity contribution in [2.75, 3.05) is 58.5 Å². The van der Waals surface area contributed by atoms with Crippen molar-refractivity contribution in [2.45, 2.75) is 19.6 Å². The average molecular weight is 600 g/mol. The number of benzene rings is 2. The minimum atomic E-state index is -1.95. The second kappa shape index (κ2) is 15.1. The van der Waals surface area contributed by atoms with E-state index < -0.39 is 8.60 Å². The highest BCUT2D eigenvalue weighted by Gasteiger charge is 2.20. The first-order valence-corrected chi connectivity index (χ1v) is 14.4. The van der Waals surface area contributed by atoms with Crippen molar-refractivity contribution in [3.8, 4) is 5.75 Å². The molecule has 2 aromatic carbocycles. The topological polar surface area (TPSA) is 83.9 Å². The van der Waals surface area contributed by atoms with Crippen LogP contribution in [0.4, 0.5) is 5.69 Å². The lowest BCUT2D eigenvalue weighted by Gasteiger charge is -2.36. The molecule has 10 nitrogen and oxygen atoms in total. The lowest BCUT2D eigenvalue weighted by Crippen LogP contribution is -2.46. The molecule has 0 saturated carbocycles. The fourth-order valence-corrected chi connectivity index (χ4v) is 5.33. The Bertz CT molecular complexity index is 1270. The summed E-state index contributed by atoms with van der Waals surface area (Å²) in [7, 11) is 0.698. The summed E-state index contributed by atoms with van der Waals surface area (Å²) in [4.78, 5) is 26.5. The van der Waals surface area contributed by atoms with Crippen LogP contribution in [0.15, 0.2) is 53.3 Å². The van der Waals surface area contributed by atoms with Crippen molar-refractivity contribution in [1.82, 2.24) is 9.47 Å². The van der Waals surface area contributed by atoms with Crippen LogP contribution in [0.3, 0.4) is 0 Å². The van der Waals surface area contributed by atoms with Gasteiger partial charge in [-0.1, -0.05) is 29.3 Å². The van der Waals surface area contributed by atoms with E-state index in [4.69, 9.17) is 41.8 Å². The Kier molecular flexibility index (Phi) is 11.6. The van der Waals surface area contributed by atoms with Gasteiger partial charge in [0.15, 0.2) is 0 Å². The van der Waals surface area contributed by atoms with E-state index in [9.17, 15) is 4.79 Å². The highest BCUT2D eigenvalue weighted by Crippen LogP contribution is 2.40. The summed E-state index contributed by atoms with van der Waals surface area (Å²) in [6.07, 6.45) is 1.93. The van der Waals surface area contributed by atoms with Gasteiger partial charge >= 0.3 is 8.60 Å². The third-order valence-electron chi connectivity index (χ3n) is 6.31. The van der Waals surface area contributed by atoms with Gasteiger partial charge in [0.25, 0.3) is 5.56 Å². The minimum absolute atomic E-state index is 0.116. The standard InChI is InChI=1S/C26H32Cl2N3O7P/c1-33-37-39(38-34-2)36-19-31-24-18-21(10-8-20(24)9-11-25(31)32)35-17-4-3-12-29-13-15-30(16-14-29)23-7-5-6-22(27)26(23)28/h5-11,18H,3-4,12-17,19H2,1-2H3. The Morgan fingerprint density at radius 2 is 1.67 bits per heavy atom. The van der Waals surface area contributed by atoms with Crippen LogP contribution < -0.4 is 15.2 Å². The summed E-state index contributed by atoms with van der Waals surface area (Å²) < 4.78 is 22.7. The van der Waals surface area contributed by atoms with E-state index >= 15 is 0 Å². The quantitative estimate of drug-likeness (QED) is 0.101. The number of pyridine rings is 1. The first kappa shape index (κ1) is 30.0. The third kappa shape index (κ3) is 8.27. The van der Waals surface area contributed by atoms with Gasteiger partial charge in [-0.05, 0) is 55.1 Å². The Hall–Kier alpha value is -1.98. The number of hydrogen-bond acceptors (Lipinski definition) is 9. The third-order valence-corrected chi connectivity index (χ3v) is 7.99. The number of anilines is 1. The monoisotopic (exact) mass is 599 g/mol. The van der Waals surface area contributed by atoms with Gasteiger partial charge in [0, 0.05) is 38.3 Å². The fraction of sp³-hybridized carbons (Fsp3) is 0.423. The first-order valence-electron chi connectivity index (χ1n) is 12.5. The molecule has 0 aliphatic carbocycles. The van der Waals surface area contributed by atoms with Gasteiger partial charge in [0.05, 0.1) is 42.1 Å². The Labute approximate surface area is 238 Å². The summed E-state index contributed by atoms with van der Waals surface area (Å²) in [6.45, 7) is 5.24. The maximum absolute atomic E-state index is 12.5. The molecular weight excluding hydrogens is 568 g/mol. The van der Waals surface area contributed by atoms with E-state index in [1.165, 1.54) is 24.9 Å². The molecule has 1 fully saturated rings. The van der Waals surface area contributed by atoms with Crippen molar-refractivity contribution >= 4 is 48.4 Å². The van der Waals surface area contributed by atoms with E-state index in [-0.39, 0.29) is 12.3 Å². The van der Waals surface area contributed by atoms with E-state index in [1.54, 1.807) is 6.07 Å². The summed E-state index contributed by atoms with van der Waals surface area (Å²) in [6, 6.07) is 14.6. The number of hydrogen-bond donors (Lipinski definition) is 0. The van der Waals surface area contributed by atoms with E-state index in [1.807, 2.05) is 36.4 Å². The second-order valence-corrected chi connectivity index (χ2v) is 10.5. The van der Waals surface area contributed by atoms with Crippen LogP contribution in [0.5, 0.6) is 5.75 Å². The van der Waals surface area contributed by atoms with Gasteiger partial charge in [-0.25, -0.2) is 9.78 Å². The van der Waals surface area contributed by atoms with E-state index in [0.29, 0.717) is 27.9 Å². The predicted octanol–water partition coefficient (Wildman–Crippen LogP) is 5.65. The molecule has 0 atom stereocenters. The normalized spacial score (nSPS) is 14.4. The Morgan fingerprint density at radius 3 is 2.41 bits per heavy atom. The molecule has 212 valence electrons. The zero-order valence-electron chi connectivity index (χ0n) is 21.9. The highest BCUT2D eigenvalue weighted by molar-refractivity contribution is 7.41. The number of ether oxygens (including phenoxy) is 1. The van der Waals surface area contributed by atoms with Gasteiger partial charge in [-0.2, -0.15) is 9.35 Å². The van der Waals surface area contributed by atoms with Crippen molar-refractivity contribution in [3.63, 3.8) is 0 Å². The number of rotatable bonds is 14. The predicted molar refractivity (Wildman–Crippen MR) is 152 cm³/mol. The molecule has 3 aromatic rings. The van der Waals surface area contributed by atoms with Crippen LogP contribution in [0.2, 0.25) is 10.0 Å². The molecule has 1 aliphatic heterocycles. The number of fused-ring (bicyclic) bond motifs is 1. The molecule has 0 spiro atoms. The van der Waals surface area contributed by atoms with Crippen LogP contribution in [0.25, 0.3) is 10.9 Å². The van der Waals surface area contributed by atoms with Crippen molar-refractivity contribution < 1.29 is 28.4 Å². The Balaban J connectivity index is 1.24. The number of unbranched alkanes of at least 4 members (excludes halogenated alkanes) is 1. The van der Waals surface area contributed by atoms with E-state index in [0.717, 1.165) is 56.6 Å². The molecule has 0 bridgehead atoms. The molecule has 0 radical (unpaired) electrons. The maximum Gasteiger partial charge on any atom is 0.393 e. The molecule has 2 heterocycles. The maximum atomic E-state index is 12.5. The van der Waals surface area contributed by atoms with Crippen LogP contribution in [-0.2, 0) is 30.4 Å². The van der Waals surface area contributed by atoms with Gasteiger partial charge in [0.1, 0.15) is 12.5 Å². The van der Waals surface area contributed by atoms with Gasteiger partial charge < -0.3 is 9.64 Å². The highest BCUT2D eigenvalue weighted by atomic mass is 35.5. The molecule has 13 heteroatoms. The summed E-state index contributed by atoms with van der Waals surface area (Å²) in [5, 5.41) is 2.07. The molecule has 1 aliphatic rings. The number of piperazine rings is 1. The van der Waals surface area contributed by atoms with E-state index in [2.05, 4.69) is 19.6 Å². The molecular formula is C26H32Cl2N3O7P. The number of aromatic nitrogens is 1. The molecule has 0 unspecified atom stereocenters. The van der Waals surface area contributed by atoms with Crippen molar-refractivity contribution in [3.05, 3.63) is 68.9 Å². The molecule has 39 heavy (non-hydrogen) atoms. The lowest BCUT2D eigenvalue weighted by atomic mass is 10.2. The van der Waals surface area contributed by atoms with Gasteiger partial charge in [-0.3, -0.25) is 18.8 Å². The number of halogens is 2. The van der Waals surface area contributed by atoms with Gasteiger partial charge in [0.2, 0.25) is 0 Å². The molecule has 4 rings (SSSR count). The average Bonchev–Trinajstić information content (AvgIpc) is 2.94. The van der Waals surface area contributed by atoms with Gasteiger partial charge in [-0.15, -0.1) is 0 Å². The van der Waals surface area contributed by atoms with Crippen LogP contribution >= 0.6 is 31.8 Å². The van der Waals surface area contributed by atoms with Crippen LogP contribution in [0, 0.1) is 0 Å². The molecule has 0 amide bonds. The smallest absolute Gasteiger partial charge is 0.393 e. The fourth-order valence-electron chi connectivity index (χ4n) is 4.35. The minimum Gasteiger partial charge on any atom is -0.494 e. The van der Waals surface area contributed by atoms with Crippen molar-refractivity contribution in [1.29, 1.82) is 0 Å².